The molecule has 0 saturated carbocycles. The fourth-order valence-corrected chi connectivity index (χ4v) is 4.96. The van der Waals surface area contributed by atoms with Gasteiger partial charge in [0, 0.05) is 37.3 Å². The highest BCUT2D eigenvalue weighted by molar-refractivity contribution is 7.89. The van der Waals surface area contributed by atoms with Crippen LogP contribution in [0.5, 0.6) is 17.2 Å². The Morgan fingerprint density at radius 2 is 1.50 bits per heavy atom. The maximum absolute atomic E-state index is 13.2. The molecule has 1 saturated heterocycles. The second-order valence-corrected chi connectivity index (χ2v) is 8.57. The minimum atomic E-state index is -3.72. The van der Waals surface area contributed by atoms with Crippen LogP contribution in [0.15, 0.2) is 41.3 Å². The standard InChI is InChI=1S/C19H23ClN2O5S/c1-25-15-5-7-18(27-3)19(13-15)28(23,24)22-10-8-21(9-11-22)16-12-14(20)4-6-17(16)26-2/h4-7,12-13H,8-11H2,1-3H3. The van der Waals surface area contributed by atoms with Crippen molar-refractivity contribution in [1.29, 1.82) is 0 Å². The molecule has 1 fully saturated rings. The first-order valence-corrected chi connectivity index (χ1v) is 10.5. The van der Waals surface area contributed by atoms with Gasteiger partial charge in [0.05, 0.1) is 27.0 Å². The number of hydrogen-bond donors (Lipinski definition) is 0. The number of sulfonamides is 1. The summed E-state index contributed by atoms with van der Waals surface area (Å²) >= 11 is 6.12. The van der Waals surface area contributed by atoms with Gasteiger partial charge in [0.25, 0.3) is 0 Å². The number of methoxy groups -OCH3 is 3. The van der Waals surface area contributed by atoms with Crippen molar-refractivity contribution in [3.63, 3.8) is 0 Å². The number of nitrogens with zero attached hydrogens (tertiary/aromatic N) is 2. The second-order valence-electron chi connectivity index (χ2n) is 6.22. The Hall–Kier alpha value is -2.16. The summed E-state index contributed by atoms with van der Waals surface area (Å²) < 4.78 is 43.7. The molecule has 0 spiro atoms. The molecule has 0 aliphatic carbocycles. The lowest BCUT2D eigenvalue weighted by Gasteiger charge is -2.36. The van der Waals surface area contributed by atoms with Crippen LogP contribution in [0.3, 0.4) is 0 Å². The highest BCUT2D eigenvalue weighted by Crippen LogP contribution is 2.34. The van der Waals surface area contributed by atoms with Gasteiger partial charge in [-0.3, -0.25) is 0 Å². The molecule has 0 atom stereocenters. The summed E-state index contributed by atoms with van der Waals surface area (Å²) in [6.07, 6.45) is 0. The average molecular weight is 427 g/mol. The van der Waals surface area contributed by atoms with Gasteiger partial charge >= 0.3 is 0 Å². The Balaban J connectivity index is 1.82. The van der Waals surface area contributed by atoms with Crippen molar-refractivity contribution < 1.29 is 22.6 Å². The van der Waals surface area contributed by atoms with E-state index in [1.807, 2.05) is 12.1 Å². The molecule has 1 heterocycles. The first-order valence-electron chi connectivity index (χ1n) is 8.71. The number of benzene rings is 2. The number of piperazine rings is 1. The van der Waals surface area contributed by atoms with Gasteiger partial charge in [-0.2, -0.15) is 4.31 Å². The van der Waals surface area contributed by atoms with Crippen molar-refractivity contribution in [2.75, 3.05) is 52.4 Å². The van der Waals surface area contributed by atoms with Crippen LogP contribution in [0.2, 0.25) is 5.02 Å². The van der Waals surface area contributed by atoms with Gasteiger partial charge in [-0.1, -0.05) is 11.6 Å². The van der Waals surface area contributed by atoms with Crippen LogP contribution in [0.1, 0.15) is 0 Å². The normalized spacial score (nSPS) is 15.4. The van der Waals surface area contributed by atoms with Crippen molar-refractivity contribution in [3.8, 4) is 17.2 Å². The van der Waals surface area contributed by atoms with Crippen molar-refractivity contribution in [3.05, 3.63) is 41.4 Å². The summed E-state index contributed by atoms with van der Waals surface area (Å²) in [5.41, 5.74) is 0.853. The summed E-state index contributed by atoms with van der Waals surface area (Å²) in [5.74, 6) is 1.46. The number of anilines is 1. The molecule has 0 unspecified atom stereocenters. The van der Waals surface area contributed by atoms with Crippen molar-refractivity contribution in [2.24, 2.45) is 0 Å². The van der Waals surface area contributed by atoms with E-state index in [0.717, 1.165) is 5.69 Å². The average Bonchev–Trinajstić information content (AvgIpc) is 2.73. The van der Waals surface area contributed by atoms with E-state index in [2.05, 4.69) is 4.90 Å². The predicted octanol–water partition coefficient (Wildman–Crippen LogP) is 2.88. The Labute approximate surface area is 170 Å². The van der Waals surface area contributed by atoms with Crippen LogP contribution in [-0.4, -0.2) is 60.2 Å². The van der Waals surface area contributed by atoms with Crippen LogP contribution in [0.4, 0.5) is 5.69 Å². The summed E-state index contributed by atoms with van der Waals surface area (Å²) in [6.45, 7) is 1.70. The molecule has 7 nitrogen and oxygen atoms in total. The first-order chi connectivity index (χ1) is 13.4. The summed E-state index contributed by atoms with van der Waals surface area (Å²) in [5, 5.41) is 0.604. The molecule has 0 bridgehead atoms. The first kappa shape index (κ1) is 20.6. The maximum Gasteiger partial charge on any atom is 0.247 e. The van der Waals surface area contributed by atoms with Gasteiger partial charge < -0.3 is 19.1 Å². The Morgan fingerprint density at radius 1 is 0.857 bits per heavy atom. The van der Waals surface area contributed by atoms with Gasteiger partial charge in [-0.05, 0) is 30.3 Å². The summed E-state index contributed by atoms with van der Waals surface area (Å²) in [7, 11) is 0.821. The molecular weight excluding hydrogens is 404 g/mol. The van der Waals surface area contributed by atoms with Gasteiger partial charge in [0.2, 0.25) is 10.0 Å². The molecule has 0 aromatic heterocycles. The van der Waals surface area contributed by atoms with E-state index in [9.17, 15) is 8.42 Å². The van der Waals surface area contributed by atoms with Gasteiger partial charge in [-0.25, -0.2) is 8.42 Å². The smallest absolute Gasteiger partial charge is 0.247 e. The Bertz CT molecular complexity index is 943. The molecule has 2 aromatic rings. The van der Waals surface area contributed by atoms with Crippen LogP contribution >= 0.6 is 11.6 Å². The summed E-state index contributed by atoms with van der Waals surface area (Å²) in [6, 6.07) is 10.2. The highest BCUT2D eigenvalue weighted by atomic mass is 35.5. The predicted molar refractivity (Wildman–Crippen MR) is 109 cm³/mol. The number of hydrogen-bond acceptors (Lipinski definition) is 6. The third-order valence-electron chi connectivity index (χ3n) is 4.71. The molecule has 1 aliphatic heterocycles. The zero-order chi connectivity index (χ0) is 20.3. The van der Waals surface area contributed by atoms with Gasteiger partial charge in [0.1, 0.15) is 22.1 Å². The van der Waals surface area contributed by atoms with E-state index >= 15 is 0 Å². The van der Waals surface area contributed by atoms with E-state index in [0.29, 0.717) is 48.5 Å². The molecule has 152 valence electrons. The monoisotopic (exact) mass is 426 g/mol. The summed E-state index contributed by atoms with van der Waals surface area (Å²) in [4.78, 5) is 2.17. The van der Waals surface area contributed by atoms with Crippen LogP contribution in [0.25, 0.3) is 0 Å². The zero-order valence-electron chi connectivity index (χ0n) is 16.0. The van der Waals surface area contributed by atoms with Crippen LogP contribution in [-0.2, 0) is 10.0 Å². The second kappa shape index (κ2) is 8.46. The van der Waals surface area contributed by atoms with Gasteiger partial charge in [-0.15, -0.1) is 0 Å². The van der Waals surface area contributed by atoms with E-state index in [-0.39, 0.29) is 4.90 Å². The molecule has 0 N–H and O–H groups in total. The fourth-order valence-electron chi connectivity index (χ4n) is 3.20. The third kappa shape index (κ3) is 3.99. The minimum Gasteiger partial charge on any atom is -0.497 e. The topological polar surface area (TPSA) is 68.3 Å². The number of rotatable bonds is 6. The lowest BCUT2D eigenvalue weighted by Crippen LogP contribution is -2.48. The lowest BCUT2D eigenvalue weighted by molar-refractivity contribution is 0.368. The Kier molecular flexibility index (Phi) is 6.22. The van der Waals surface area contributed by atoms with Crippen molar-refractivity contribution in [2.45, 2.75) is 4.90 Å². The van der Waals surface area contributed by atoms with Crippen molar-refractivity contribution in [1.82, 2.24) is 4.31 Å². The van der Waals surface area contributed by atoms with Crippen LogP contribution < -0.4 is 19.1 Å². The molecule has 0 radical (unpaired) electrons. The van der Waals surface area contributed by atoms with Crippen molar-refractivity contribution >= 4 is 27.3 Å². The SMILES string of the molecule is COc1ccc(OC)c(S(=O)(=O)N2CCN(c3cc(Cl)ccc3OC)CC2)c1. The Morgan fingerprint density at radius 3 is 2.11 bits per heavy atom. The number of ether oxygens (including phenoxy) is 3. The largest absolute Gasteiger partial charge is 0.497 e. The van der Waals surface area contributed by atoms with E-state index in [4.69, 9.17) is 25.8 Å². The molecule has 2 aromatic carbocycles. The molecule has 9 heteroatoms. The molecule has 1 aliphatic rings. The highest BCUT2D eigenvalue weighted by Gasteiger charge is 2.32. The quantitative estimate of drug-likeness (QED) is 0.707. The molecular formula is C19H23ClN2O5S. The maximum atomic E-state index is 13.2. The van der Waals surface area contributed by atoms with E-state index < -0.39 is 10.0 Å². The molecule has 3 rings (SSSR count). The van der Waals surface area contributed by atoms with E-state index in [1.165, 1.54) is 24.6 Å². The van der Waals surface area contributed by atoms with E-state index in [1.54, 1.807) is 25.3 Å². The number of halogens is 1. The lowest BCUT2D eigenvalue weighted by atomic mass is 10.2. The molecule has 28 heavy (non-hydrogen) atoms. The molecule has 0 amide bonds. The van der Waals surface area contributed by atoms with Crippen LogP contribution in [0, 0.1) is 0 Å². The fraction of sp³-hybridized carbons (Fsp3) is 0.368. The zero-order valence-corrected chi connectivity index (χ0v) is 17.6. The minimum absolute atomic E-state index is 0.100. The van der Waals surface area contributed by atoms with Gasteiger partial charge in [0.15, 0.2) is 0 Å². The third-order valence-corrected chi connectivity index (χ3v) is 6.86.